The summed E-state index contributed by atoms with van der Waals surface area (Å²) in [5.74, 6) is -0.394. The number of hydrogen-bond acceptors (Lipinski definition) is 2. The highest BCUT2D eigenvalue weighted by atomic mass is 19.1. The standard InChI is InChI=1S/C11H8FNO/c1-7-5-8(6-14)13-11-9(7)3-2-4-10(11)12/h2-6H,1H3. The molecule has 0 radical (unpaired) electrons. The van der Waals surface area contributed by atoms with E-state index in [0.29, 0.717) is 6.29 Å². The van der Waals surface area contributed by atoms with Crippen LogP contribution in [0.5, 0.6) is 0 Å². The van der Waals surface area contributed by atoms with Gasteiger partial charge in [-0.05, 0) is 24.6 Å². The van der Waals surface area contributed by atoms with E-state index in [-0.39, 0.29) is 11.2 Å². The molecule has 0 aliphatic heterocycles. The van der Waals surface area contributed by atoms with Crippen LogP contribution >= 0.6 is 0 Å². The van der Waals surface area contributed by atoms with Crippen molar-refractivity contribution in [1.29, 1.82) is 0 Å². The van der Waals surface area contributed by atoms with E-state index in [9.17, 15) is 9.18 Å². The Bertz CT molecular complexity index is 508. The third kappa shape index (κ3) is 1.27. The van der Waals surface area contributed by atoms with E-state index in [1.807, 2.05) is 6.92 Å². The van der Waals surface area contributed by atoms with Crippen LogP contribution in [0.3, 0.4) is 0 Å². The number of benzene rings is 1. The molecule has 1 heterocycles. The number of para-hydroxylation sites is 1. The number of pyridine rings is 1. The molecule has 0 amide bonds. The zero-order chi connectivity index (χ0) is 10.1. The molecule has 0 N–H and O–H groups in total. The molecule has 14 heavy (non-hydrogen) atoms. The molecular formula is C11H8FNO. The van der Waals surface area contributed by atoms with E-state index in [0.717, 1.165) is 10.9 Å². The Labute approximate surface area is 80.4 Å². The number of hydrogen-bond donors (Lipinski definition) is 0. The fourth-order valence-corrected chi connectivity index (χ4v) is 1.47. The SMILES string of the molecule is Cc1cc(C=O)nc2c(F)cccc12. The molecule has 70 valence electrons. The normalized spacial score (nSPS) is 10.4. The van der Waals surface area contributed by atoms with Gasteiger partial charge in [0.05, 0.1) is 0 Å². The van der Waals surface area contributed by atoms with Gasteiger partial charge in [0.2, 0.25) is 0 Å². The van der Waals surface area contributed by atoms with Crippen molar-refractivity contribution < 1.29 is 9.18 Å². The predicted molar refractivity (Wildman–Crippen MR) is 51.8 cm³/mol. The number of halogens is 1. The molecule has 0 saturated heterocycles. The van der Waals surface area contributed by atoms with Crippen LogP contribution in [0, 0.1) is 12.7 Å². The Morgan fingerprint density at radius 2 is 2.21 bits per heavy atom. The molecule has 0 aliphatic rings. The minimum atomic E-state index is -0.394. The van der Waals surface area contributed by atoms with E-state index in [1.54, 1.807) is 18.2 Å². The third-order valence-corrected chi connectivity index (χ3v) is 2.14. The fourth-order valence-electron chi connectivity index (χ4n) is 1.47. The van der Waals surface area contributed by atoms with Crippen LogP contribution in [-0.4, -0.2) is 11.3 Å². The molecule has 0 spiro atoms. The number of aromatic nitrogens is 1. The maximum absolute atomic E-state index is 13.3. The van der Waals surface area contributed by atoms with Crippen molar-refractivity contribution in [2.24, 2.45) is 0 Å². The summed E-state index contributed by atoms with van der Waals surface area (Å²) in [5.41, 5.74) is 1.38. The predicted octanol–water partition coefficient (Wildman–Crippen LogP) is 2.49. The molecule has 2 aromatic rings. The molecule has 0 aliphatic carbocycles. The topological polar surface area (TPSA) is 30.0 Å². The van der Waals surface area contributed by atoms with Crippen molar-refractivity contribution in [3.63, 3.8) is 0 Å². The second-order valence-corrected chi connectivity index (χ2v) is 3.12. The van der Waals surface area contributed by atoms with Gasteiger partial charge in [-0.15, -0.1) is 0 Å². The molecule has 3 heteroatoms. The molecule has 1 aromatic heterocycles. The summed E-state index contributed by atoms with van der Waals surface area (Å²) in [6.07, 6.45) is 0.624. The first-order valence-electron chi connectivity index (χ1n) is 4.23. The number of rotatable bonds is 1. The summed E-state index contributed by atoms with van der Waals surface area (Å²) in [7, 11) is 0. The van der Waals surface area contributed by atoms with E-state index in [1.165, 1.54) is 6.07 Å². The van der Waals surface area contributed by atoms with E-state index in [2.05, 4.69) is 4.98 Å². The molecule has 0 bridgehead atoms. The van der Waals surface area contributed by atoms with E-state index >= 15 is 0 Å². The highest BCUT2D eigenvalue weighted by Gasteiger charge is 2.05. The molecule has 2 nitrogen and oxygen atoms in total. The van der Waals surface area contributed by atoms with Crippen LogP contribution in [-0.2, 0) is 0 Å². The average Bonchev–Trinajstić information content (AvgIpc) is 2.19. The maximum atomic E-state index is 13.3. The molecule has 0 fully saturated rings. The van der Waals surface area contributed by atoms with Crippen LogP contribution in [0.4, 0.5) is 4.39 Å². The van der Waals surface area contributed by atoms with Crippen LogP contribution < -0.4 is 0 Å². The van der Waals surface area contributed by atoms with Crippen molar-refractivity contribution >= 4 is 17.2 Å². The van der Waals surface area contributed by atoms with Crippen LogP contribution in [0.15, 0.2) is 24.3 Å². The summed E-state index contributed by atoms with van der Waals surface area (Å²) in [4.78, 5) is 14.4. The van der Waals surface area contributed by atoms with Gasteiger partial charge in [0.1, 0.15) is 17.0 Å². The van der Waals surface area contributed by atoms with Gasteiger partial charge in [-0.3, -0.25) is 4.79 Å². The lowest BCUT2D eigenvalue weighted by atomic mass is 10.1. The quantitative estimate of drug-likeness (QED) is 0.645. The van der Waals surface area contributed by atoms with Crippen molar-refractivity contribution in [2.75, 3.05) is 0 Å². The Morgan fingerprint density at radius 3 is 2.93 bits per heavy atom. The van der Waals surface area contributed by atoms with Gasteiger partial charge in [-0.1, -0.05) is 12.1 Å². The van der Waals surface area contributed by atoms with E-state index < -0.39 is 5.82 Å². The van der Waals surface area contributed by atoms with Gasteiger partial charge >= 0.3 is 0 Å². The molecule has 0 atom stereocenters. The minimum absolute atomic E-state index is 0.259. The first-order chi connectivity index (χ1) is 6.72. The lowest BCUT2D eigenvalue weighted by Crippen LogP contribution is -1.93. The molecular weight excluding hydrogens is 181 g/mol. The van der Waals surface area contributed by atoms with Crippen molar-refractivity contribution in [1.82, 2.24) is 4.98 Å². The van der Waals surface area contributed by atoms with Gasteiger partial charge in [0, 0.05) is 5.39 Å². The third-order valence-electron chi connectivity index (χ3n) is 2.14. The van der Waals surface area contributed by atoms with Crippen molar-refractivity contribution in [3.05, 3.63) is 41.3 Å². The van der Waals surface area contributed by atoms with Crippen LogP contribution in [0.1, 0.15) is 16.1 Å². The largest absolute Gasteiger partial charge is 0.296 e. The first-order valence-corrected chi connectivity index (χ1v) is 4.23. The Kier molecular flexibility index (Phi) is 2.00. The Hall–Kier alpha value is -1.77. The number of nitrogens with zero attached hydrogens (tertiary/aromatic N) is 1. The summed E-state index contributed by atoms with van der Waals surface area (Å²) in [6, 6.07) is 6.40. The molecule has 2 rings (SSSR count). The Balaban J connectivity index is 2.90. The monoisotopic (exact) mass is 189 g/mol. The van der Waals surface area contributed by atoms with Gasteiger partial charge in [-0.2, -0.15) is 0 Å². The van der Waals surface area contributed by atoms with Crippen LogP contribution in [0.2, 0.25) is 0 Å². The van der Waals surface area contributed by atoms with Crippen molar-refractivity contribution in [2.45, 2.75) is 6.92 Å². The smallest absolute Gasteiger partial charge is 0.168 e. The molecule has 0 saturated carbocycles. The van der Waals surface area contributed by atoms with Gasteiger partial charge in [0.25, 0.3) is 0 Å². The summed E-state index contributed by atoms with van der Waals surface area (Å²) >= 11 is 0. The highest BCUT2D eigenvalue weighted by Crippen LogP contribution is 2.19. The second kappa shape index (κ2) is 3.18. The molecule has 1 aromatic carbocycles. The van der Waals surface area contributed by atoms with Crippen molar-refractivity contribution in [3.8, 4) is 0 Å². The zero-order valence-corrected chi connectivity index (χ0v) is 7.62. The highest BCUT2D eigenvalue weighted by molar-refractivity contribution is 5.86. The average molecular weight is 189 g/mol. The number of carbonyl (C=O) groups excluding carboxylic acids is 1. The summed E-state index contributed by atoms with van der Waals surface area (Å²) in [6.45, 7) is 1.83. The first kappa shape index (κ1) is 8.81. The maximum Gasteiger partial charge on any atom is 0.168 e. The summed E-state index contributed by atoms with van der Waals surface area (Å²) in [5, 5.41) is 0.746. The number of aryl methyl sites for hydroxylation is 1. The van der Waals surface area contributed by atoms with Gasteiger partial charge in [0.15, 0.2) is 6.29 Å². The number of fused-ring (bicyclic) bond motifs is 1. The lowest BCUT2D eigenvalue weighted by molar-refractivity contribution is 0.111. The number of aldehydes is 1. The molecule has 0 unspecified atom stereocenters. The van der Waals surface area contributed by atoms with Gasteiger partial charge < -0.3 is 0 Å². The number of carbonyl (C=O) groups is 1. The van der Waals surface area contributed by atoms with E-state index in [4.69, 9.17) is 0 Å². The van der Waals surface area contributed by atoms with Crippen LogP contribution in [0.25, 0.3) is 10.9 Å². The second-order valence-electron chi connectivity index (χ2n) is 3.12. The Morgan fingerprint density at radius 1 is 1.43 bits per heavy atom. The fraction of sp³-hybridized carbons (Fsp3) is 0.0909. The minimum Gasteiger partial charge on any atom is -0.296 e. The lowest BCUT2D eigenvalue weighted by Gasteiger charge is -2.02. The summed E-state index contributed by atoms with van der Waals surface area (Å²) < 4.78 is 13.3. The van der Waals surface area contributed by atoms with Gasteiger partial charge in [-0.25, -0.2) is 9.37 Å². The zero-order valence-electron chi connectivity index (χ0n) is 7.62.